The summed E-state index contributed by atoms with van der Waals surface area (Å²) in [5.74, 6) is 0.525. The molecule has 0 amide bonds. The van der Waals surface area contributed by atoms with Gasteiger partial charge in [0.25, 0.3) is 0 Å². The number of imidazole rings is 1. The molecule has 1 atom stereocenters. The lowest BCUT2D eigenvalue weighted by atomic mass is 9.96. The maximum atomic E-state index is 13.4. The zero-order chi connectivity index (χ0) is 18.8. The second-order valence-corrected chi connectivity index (χ2v) is 6.71. The Morgan fingerprint density at radius 3 is 2.67 bits per heavy atom. The molecule has 0 radical (unpaired) electrons. The highest BCUT2D eigenvalue weighted by molar-refractivity contribution is 7.80. The van der Waals surface area contributed by atoms with Gasteiger partial charge in [-0.3, -0.25) is 0 Å². The van der Waals surface area contributed by atoms with E-state index in [0.29, 0.717) is 5.11 Å². The maximum Gasteiger partial charge on any atom is 0.174 e. The minimum atomic E-state index is -0.262. The first kappa shape index (κ1) is 17.5. The fourth-order valence-electron chi connectivity index (χ4n) is 3.35. The van der Waals surface area contributed by atoms with Crippen LogP contribution >= 0.6 is 12.2 Å². The summed E-state index contributed by atoms with van der Waals surface area (Å²) in [7, 11) is 1.63. The van der Waals surface area contributed by atoms with E-state index in [1.165, 1.54) is 12.1 Å². The highest BCUT2D eigenvalue weighted by Crippen LogP contribution is 2.34. The van der Waals surface area contributed by atoms with Gasteiger partial charge in [-0.1, -0.05) is 12.1 Å². The van der Waals surface area contributed by atoms with Crippen molar-refractivity contribution in [3.05, 3.63) is 77.6 Å². The number of nitrogens with zero attached hydrogens (tertiary/aromatic N) is 2. The number of hydrogen-bond donors (Lipinski definition) is 2. The molecule has 1 aliphatic rings. The molecule has 2 N–H and O–H groups in total. The Bertz CT molecular complexity index is 939. The van der Waals surface area contributed by atoms with Crippen LogP contribution in [-0.4, -0.2) is 33.6 Å². The number of halogens is 1. The van der Waals surface area contributed by atoms with E-state index in [-0.39, 0.29) is 11.9 Å². The summed E-state index contributed by atoms with van der Waals surface area (Å²) in [5.41, 5.74) is 3.84. The van der Waals surface area contributed by atoms with Crippen LogP contribution in [0, 0.1) is 5.82 Å². The summed E-state index contributed by atoms with van der Waals surface area (Å²) in [6, 6.07) is 13.9. The van der Waals surface area contributed by atoms with Crippen LogP contribution in [0.15, 0.2) is 54.9 Å². The van der Waals surface area contributed by atoms with Crippen LogP contribution in [0.25, 0.3) is 0 Å². The Balaban J connectivity index is 1.63. The second-order valence-electron chi connectivity index (χ2n) is 6.32. The van der Waals surface area contributed by atoms with Gasteiger partial charge >= 0.3 is 0 Å². The van der Waals surface area contributed by atoms with Crippen LogP contribution in [0.1, 0.15) is 23.0 Å². The Morgan fingerprint density at radius 2 is 1.96 bits per heavy atom. The Hall–Kier alpha value is -2.93. The number of methoxy groups -OCH3 is 1. The van der Waals surface area contributed by atoms with Gasteiger partial charge in [-0.05, 0) is 54.2 Å². The van der Waals surface area contributed by atoms with Gasteiger partial charge in [0.15, 0.2) is 5.11 Å². The Labute approximate surface area is 162 Å². The summed E-state index contributed by atoms with van der Waals surface area (Å²) in [6.45, 7) is 0.735. The van der Waals surface area contributed by atoms with E-state index in [1.807, 2.05) is 24.3 Å². The molecule has 27 heavy (non-hydrogen) atoms. The number of hydrogen-bond acceptors (Lipinski definition) is 3. The summed E-state index contributed by atoms with van der Waals surface area (Å²) < 4.78 is 18.6. The molecule has 2 aromatic carbocycles. The maximum absolute atomic E-state index is 13.4. The van der Waals surface area contributed by atoms with Crippen molar-refractivity contribution in [2.45, 2.75) is 12.5 Å². The van der Waals surface area contributed by atoms with Crippen molar-refractivity contribution in [2.24, 2.45) is 0 Å². The molecule has 1 aliphatic heterocycles. The molecule has 1 aromatic heterocycles. The van der Waals surface area contributed by atoms with E-state index >= 15 is 0 Å². The predicted molar refractivity (Wildman–Crippen MR) is 106 cm³/mol. The van der Waals surface area contributed by atoms with Crippen LogP contribution in [0.3, 0.4) is 0 Å². The van der Waals surface area contributed by atoms with Gasteiger partial charge in [0.1, 0.15) is 17.6 Å². The average molecular weight is 382 g/mol. The first-order valence-electron chi connectivity index (χ1n) is 8.65. The molecule has 2 heterocycles. The van der Waals surface area contributed by atoms with E-state index in [2.05, 4.69) is 20.2 Å². The Morgan fingerprint density at radius 1 is 1.22 bits per heavy atom. The van der Waals surface area contributed by atoms with Gasteiger partial charge < -0.3 is 19.9 Å². The number of thiocarbonyl (C=S) groups is 1. The lowest BCUT2D eigenvalue weighted by Gasteiger charge is -2.37. The summed E-state index contributed by atoms with van der Waals surface area (Å²) >= 11 is 5.69. The third-order valence-electron chi connectivity index (χ3n) is 4.71. The fraction of sp³-hybridized carbons (Fsp3) is 0.200. The molecule has 0 fully saturated rings. The SMILES string of the molecule is COc1ccc(NC(=S)N2CCc3[nH]cnc3C2c2ccc(F)cc2)cc1. The van der Waals surface area contributed by atoms with E-state index < -0.39 is 0 Å². The van der Waals surface area contributed by atoms with Gasteiger partial charge in [0.2, 0.25) is 0 Å². The molecule has 0 bridgehead atoms. The zero-order valence-corrected chi connectivity index (χ0v) is 15.6. The van der Waals surface area contributed by atoms with Crippen molar-refractivity contribution in [3.8, 4) is 5.75 Å². The first-order chi connectivity index (χ1) is 13.2. The molecule has 4 rings (SSSR count). The zero-order valence-electron chi connectivity index (χ0n) is 14.8. The van der Waals surface area contributed by atoms with E-state index in [9.17, 15) is 4.39 Å². The monoisotopic (exact) mass is 382 g/mol. The van der Waals surface area contributed by atoms with Gasteiger partial charge in [-0.15, -0.1) is 0 Å². The molecule has 138 valence electrons. The molecule has 0 saturated heterocycles. The summed E-state index contributed by atoms with van der Waals surface area (Å²) in [4.78, 5) is 9.80. The second kappa shape index (κ2) is 7.36. The largest absolute Gasteiger partial charge is 0.497 e. The normalized spacial score (nSPS) is 15.9. The van der Waals surface area contributed by atoms with E-state index in [4.69, 9.17) is 17.0 Å². The highest BCUT2D eigenvalue weighted by Gasteiger charge is 2.32. The van der Waals surface area contributed by atoms with Crippen molar-refractivity contribution < 1.29 is 9.13 Å². The van der Waals surface area contributed by atoms with Crippen LogP contribution in [0.2, 0.25) is 0 Å². The smallest absolute Gasteiger partial charge is 0.174 e. The molecule has 0 saturated carbocycles. The number of aromatic amines is 1. The minimum Gasteiger partial charge on any atom is -0.497 e. The van der Waals surface area contributed by atoms with Crippen molar-refractivity contribution in [2.75, 3.05) is 19.0 Å². The molecule has 7 heteroatoms. The average Bonchev–Trinajstić information content (AvgIpc) is 3.17. The van der Waals surface area contributed by atoms with Gasteiger partial charge in [0.05, 0.1) is 19.1 Å². The standard InChI is InChI=1S/C20H19FN4OS/c1-26-16-8-6-15(7-9-16)24-20(27)25-11-10-17-18(23-12-22-17)19(25)13-2-4-14(21)5-3-13/h2-9,12,19H,10-11H2,1H3,(H,22,23)(H,24,27). The molecule has 3 aromatic rings. The third-order valence-corrected chi connectivity index (χ3v) is 5.05. The van der Waals surface area contributed by atoms with Crippen LogP contribution < -0.4 is 10.1 Å². The number of H-pyrrole nitrogens is 1. The molecule has 5 nitrogen and oxygen atoms in total. The predicted octanol–water partition coefficient (Wildman–Crippen LogP) is 3.90. The Kier molecular flexibility index (Phi) is 4.77. The van der Waals surface area contributed by atoms with Crippen molar-refractivity contribution in [1.82, 2.24) is 14.9 Å². The number of aromatic nitrogens is 2. The van der Waals surface area contributed by atoms with Crippen molar-refractivity contribution >= 4 is 23.0 Å². The quantitative estimate of drug-likeness (QED) is 0.673. The van der Waals surface area contributed by atoms with Crippen LogP contribution in [0.5, 0.6) is 5.75 Å². The van der Waals surface area contributed by atoms with Crippen LogP contribution in [-0.2, 0) is 6.42 Å². The first-order valence-corrected chi connectivity index (χ1v) is 9.06. The fourth-order valence-corrected chi connectivity index (χ4v) is 3.66. The summed E-state index contributed by atoms with van der Waals surface area (Å²) in [5, 5.41) is 3.89. The van der Waals surface area contributed by atoms with E-state index in [1.54, 1.807) is 25.6 Å². The lowest BCUT2D eigenvalue weighted by Crippen LogP contribution is -2.43. The van der Waals surface area contributed by atoms with E-state index in [0.717, 1.165) is 41.4 Å². The van der Waals surface area contributed by atoms with Crippen molar-refractivity contribution in [3.63, 3.8) is 0 Å². The van der Waals surface area contributed by atoms with Crippen LogP contribution in [0.4, 0.5) is 10.1 Å². The lowest BCUT2D eigenvalue weighted by molar-refractivity contribution is 0.336. The topological polar surface area (TPSA) is 53.2 Å². The van der Waals surface area contributed by atoms with Gasteiger partial charge in [-0.2, -0.15) is 0 Å². The number of rotatable bonds is 3. The molecule has 0 spiro atoms. The minimum absolute atomic E-state index is 0.168. The number of anilines is 1. The number of fused-ring (bicyclic) bond motifs is 1. The number of ether oxygens (including phenoxy) is 1. The molecular formula is C20H19FN4OS. The molecule has 0 aliphatic carbocycles. The molecule has 1 unspecified atom stereocenters. The molecular weight excluding hydrogens is 363 g/mol. The van der Waals surface area contributed by atoms with Gasteiger partial charge in [-0.25, -0.2) is 9.37 Å². The number of benzene rings is 2. The highest BCUT2D eigenvalue weighted by atomic mass is 32.1. The summed E-state index contributed by atoms with van der Waals surface area (Å²) in [6.07, 6.45) is 2.52. The van der Waals surface area contributed by atoms with Gasteiger partial charge in [0, 0.05) is 24.3 Å². The third kappa shape index (κ3) is 3.50. The number of nitrogens with one attached hydrogen (secondary N) is 2. The van der Waals surface area contributed by atoms with Crippen molar-refractivity contribution in [1.29, 1.82) is 0 Å².